The number of fused-ring (bicyclic) bond motifs is 1. The average Bonchev–Trinajstić information content (AvgIpc) is 2.27. The second kappa shape index (κ2) is 4.07. The summed E-state index contributed by atoms with van der Waals surface area (Å²) in [6.45, 7) is 6.22. The van der Waals surface area contributed by atoms with Gasteiger partial charge in [0, 0.05) is 12.2 Å². The summed E-state index contributed by atoms with van der Waals surface area (Å²) in [5.41, 5.74) is 3.25. The van der Waals surface area contributed by atoms with Crippen LogP contribution in [0, 0.1) is 0 Å². The molecule has 15 heavy (non-hydrogen) atoms. The van der Waals surface area contributed by atoms with Gasteiger partial charge in [0.05, 0.1) is 5.69 Å². The Labute approximate surface area is 90.6 Å². The SMILES string of the molecule is C=Nc1ccc2c(c1)N(B(C)O)CCC2. The van der Waals surface area contributed by atoms with Crippen molar-refractivity contribution < 1.29 is 5.02 Å². The standard InChI is InChI=1S/C11H15BN2O/c1-12(15)14-7-3-4-9-5-6-10(13-2)8-11(9)14/h5-6,8,15H,2-4,7H2,1H3. The number of hydrogen-bond acceptors (Lipinski definition) is 3. The zero-order chi connectivity index (χ0) is 10.8. The van der Waals surface area contributed by atoms with Gasteiger partial charge in [0.1, 0.15) is 0 Å². The largest absolute Gasteiger partial charge is 0.432 e. The first kappa shape index (κ1) is 10.2. The van der Waals surface area contributed by atoms with Gasteiger partial charge in [-0.1, -0.05) is 6.07 Å². The molecule has 78 valence electrons. The number of aryl methyl sites for hydroxylation is 1. The minimum absolute atomic E-state index is 0.441. The van der Waals surface area contributed by atoms with Crippen LogP contribution in [-0.4, -0.2) is 25.3 Å². The molecule has 0 spiro atoms. The molecule has 1 aromatic carbocycles. The van der Waals surface area contributed by atoms with Gasteiger partial charge in [-0.25, -0.2) is 0 Å². The molecule has 1 aliphatic rings. The third kappa shape index (κ3) is 1.90. The van der Waals surface area contributed by atoms with Crippen LogP contribution in [0.3, 0.4) is 0 Å². The minimum Gasteiger partial charge on any atom is -0.432 e. The zero-order valence-electron chi connectivity index (χ0n) is 8.98. The van der Waals surface area contributed by atoms with Crippen molar-refractivity contribution in [1.29, 1.82) is 0 Å². The van der Waals surface area contributed by atoms with E-state index in [0.29, 0.717) is 0 Å². The maximum Gasteiger partial charge on any atom is 0.409 e. The Morgan fingerprint density at radius 1 is 1.53 bits per heavy atom. The van der Waals surface area contributed by atoms with Gasteiger partial charge in [0.25, 0.3) is 0 Å². The molecule has 0 radical (unpaired) electrons. The third-order valence-corrected chi connectivity index (χ3v) is 2.86. The van der Waals surface area contributed by atoms with Crippen molar-refractivity contribution in [2.75, 3.05) is 11.4 Å². The van der Waals surface area contributed by atoms with Crippen LogP contribution < -0.4 is 4.81 Å². The van der Waals surface area contributed by atoms with Gasteiger partial charge in [-0.05, 0) is 44.1 Å². The molecule has 1 heterocycles. The summed E-state index contributed by atoms with van der Waals surface area (Å²) in [7, 11) is -0.441. The Bertz CT molecular complexity index is 379. The molecular formula is C11H15BN2O. The third-order valence-electron chi connectivity index (χ3n) is 2.86. The highest BCUT2D eigenvalue weighted by Gasteiger charge is 2.22. The number of hydrogen-bond donors (Lipinski definition) is 1. The van der Waals surface area contributed by atoms with Crippen LogP contribution in [0.4, 0.5) is 11.4 Å². The Morgan fingerprint density at radius 3 is 3.00 bits per heavy atom. The lowest BCUT2D eigenvalue weighted by Crippen LogP contribution is -2.40. The van der Waals surface area contributed by atoms with E-state index in [1.54, 1.807) is 6.82 Å². The average molecular weight is 202 g/mol. The maximum absolute atomic E-state index is 9.67. The van der Waals surface area contributed by atoms with E-state index in [1.807, 2.05) is 16.9 Å². The smallest absolute Gasteiger partial charge is 0.409 e. The molecule has 0 unspecified atom stereocenters. The molecule has 2 rings (SSSR count). The van der Waals surface area contributed by atoms with E-state index < -0.39 is 7.05 Å². The van der Waals surface area contributed by atoms with E-state index in [4.69, 9.17) is 0 Å². The Morgan fingerprint density at radius 2 is 2.33 bits per heavy atom. The minimum atomic E-state index is -0.441. The molecule has 1 aliphatic heterocycles. The number of benzene rings is 1. The van der Waals surface area contributed by atoms with Crippen LogP contribution in [0.15, 0.2) is 23.2 Å². The fourth-order valence-electron chi connectivity index (χ4n) is 2.08. The summed E-state index contributed by atoms with van der Waals surface area (Å²) in [5.74, 6) is 0. The second-order valence-corrected chi connectivity index (χ2v) is 3.90. The predicted octanol–water partition coefficient (Wildman–Crippen LogP) is 1.88. The van der Waals surface area contributed by atoms with Gasteiger partial charge in [-0.15, -0.1) is 0 Å². The van der Waals surface area contributed by atoms with Gasteiger partial charge < -0.3 is 9.83 Å². The molecule has 0 bridgehead atoms. The van der Waals surface area contributed by atoms with Gasteiger partial charge in [0.2, 0.25) is 0 Å². The first-order valence-electron chi connectivity index (χ1n) is 5.27. The van der Waals surface area contributed by atoms with Crippen LogP contribution in [0.2, 0.25) is 6.82 Å². The molecule has 4 heteroatoms. The molecule has 0 aromatic heterocycles. The highest BCUT2D eigenvalue weighted by Crippen LogP contribution is 2.31. The maximum atomic E-state index is 9.67. The van der Waals surface area contributed by atoms with Gasteiger partial charge in [-0.3, -0.25) is 4.99 Å². The molecule has 0 saturated carbocycles. The number of rotatable bonds is 2. The van der Waals surface area contributed by atoms with Crippen molar-refractivity contribution in [3.8, 4) is 0 Å². The van der Waals surface area contributed by atoms with Crippen LogP contribution in [0.25, 0.3) is 0 Å². The van der Waals surface area contributed by atoms with E-state index in [0.717, 1.165) is 30.8 Å². The second-order valence-electron chi connectivity index (χ2n) is 3.90. The first-order valence-corrected chi connectivity index (χ1v) is 5.27. The van der Waals surface area contributed by atoms with E-state index in [1.165, 1.54) is 5.56 Å². The first-order chi connectivity index (χ1) is 7.22. The van der Waals surface area contributed by atoms with Crippen molar-refractivity contribution in [1.82, 2.24) is 0 Å². The molecule has 0 fully saturated rings. The molecule has 0 saturated heterocycles. The molecule has 1 N–H and O–H groups in total. The van der Waals surface area contributed by atoms with Gasteiger partial charge in [0.15, 0.2) is 0 Å². The van der Waals surface area contributed by atoms with Crippen molar-refractivity contribution in [3.05, 3.63) is 23.8 Å². The molecule has 0 atom stereocenters. The number of nitrogens with zero attached hydrogens (tertiary/aromatic N) is 2. The van der Waals surface area contributed by atoms with Crippen LogP contribution >= 0.6 is 0 Å². The van der Waals surface area contributed by atoms with Crippen molar-refractivity contribution >= 4 is 25.1 Å². The normalized spacial score (nSPS) is 14.7. The Kier molecular flexibility index (Phi) is 2.78. The van der Waals surface area contributed by atoms with E-state index in [9.17, 15) is 5.02 Å². The fourth-order valence-corrected chi connectivity index (χ4v) is 2.08. The zero-order valence-corrected chi connectivity index (χ0v) is 8.98. The van der Waals surface area contributed by atoms with Gasteiger partial charge in [-0.2, -0.15) is 0 Å². The van der Waals surface area contributed by atoms with Crippen LogP contribution in [0.1, 0.15) is 12.0 Å². The Hall–Kier alpha value is -1.29. The van der Waals surface area contributed by atoms with Crippen molar-refractivity contribution in [3.63, 3.8) is 0 Å². The topological polar surface area (TPSA) is 35.8 Å². The summed E-state index contributed by atoms with van der Waals surface area (Å²) < 4.78 is 0. The van der Waals surface area contributed by atoms with E-state index in [2.05, 4.69) is 17.8 Å². The summed E-state index contributed by atoms with van der Waals surface area (Å²) in [4.78, 5) is 5.92. The number of aliphatic imine (C=N–C) groups is 1. The highest BCUT2D eigenvalue weighted by atomic mass is 16.2. The van der Waals surface area contributed by atoms with E-state index in [-0.39, 0.29) is 0 Å². The fraction of sp³-hybridized carbons (Fsp3) is 0.364. The lowest BCUT2D eigenvalue weighted by Gasteiger charge is -2.32. The monoisotopic (exact) mass is 202 g/mol. The Balaban J connectivity index is 2.43. The quantitative estimate of drug-likeness (QED) is 0.587. The molecule has 1 aromatic rings. The summed E-state index contributed by atoms with van der Waals surface area (Å²) in [6.07, 6.45) is 2.18. The van der Waals surface area contributed by atoms with E-state index >= 15 is 0 Å². The molecular weight excluding hydrogens is 187 g/mol. The van der Waals surface area contributed by atoms with Crippen molar-refractivity contribution in [2.45, 2.75) is 19.7 Å². The van der Waals surface area contributed by atoms with Gasteiger partial charge >= 0.3 is 7.05 Å². The van der Waals surface area contributed by atoms with Crippen molar-refractivity contribution in [2.24, 2.45) is 4.99 Å². The predicted molar refractivity (Wildman–Crippen MR) is 65.2 cm³/mol. The lowest BCUT2D eigenvalue weighted by atomic mass is 9.81. The lowest BCUT2D eigenvalue weighted by molar-refractivity contribution is 0.563. The molecule has 0 amide bonds. The van der Waals surface area contributed by atoms with Crippen LogP contribution in [-0.2, 0) is 6.42 Å². The summed E-state index contributed by atoms with van der Waals surface area (Å²) >= 11 is 0. The van der Waals surface area contributed by atoms with Crippen LogP contribution in [0.5, 0.6) is 0 Å². The molecule has 0 aliphatic carbocycles. The summed E-state index contributed by atoms with van der Waals surface area (Å²) in [5, 5.41) is 9.67. The number of anilines is 1. The summed E-state index contributed by atoms with van der Waals surface area (Å²) in [6, 6.07) is 6.04. The molecule has 3 nitrogen and oxygen atoms in total. The highest BCUT2D eigenvalue weighted by molar-refractivity contribution is 6.53.